The summed E-state index contributed by atoms with van der Waals surface area (Å²) in [4.78, 5) is 7.38. The fraction of sp³-hybridized carbons (Fsp3) is 0.167. The zero-order chi connectivity index (χ0) is 14.8. The summed E-state index contributed by atoms with van der Waals surface area (Å²) in [6.07, 6.45) is -3.29. The predicted octanol–water partition coefficient (Wildman–Crippen LogP) is 3.90. The summed E-state index contributed by atoms with van der Waals surface area (Å²) < 4.78 is 51.9. The van der Waals surface area contributed by atoms with Gasteiger partial charge in [0.2, 0.25) is 5.28 Å². The first kappa shape index (κ1) is 14.5. The molecule has 106 valence electrons. The molecule has 0 spiro atoms. The highest BCUT2D eigenvalue weighted by Gasteiger charge is 2.34. The molecule has 0 unspecified atom stereocenters. The maximum Gasteiger partial charge on any atom is 0.416 e. The number of rotatable bonds is 3. The molecule has 1 aromatic carbocycles. The lowest BCUT2D eigenvalue weighted by Crippen LogP contribution is -2.14. The molecule has 2 aromatic rings. The van der Waals surface area contributed by atoms with E-state index >= 15 is 0 Å². The van der Waals surface area contributed by atoms with Crippen molar-refractivity contribution in [2.45, 2.75) is 12.7 Å². The average Bonchev–Trinajstić information content (AvgIpc) is 2.36. The summed E-state index contributed by atoms with van der Waals surface area (Å²) in [6, 6.07) is 4.23. The van der Waals surface area contributed by atoms with Crippen LogP contribution in [-0.2, 0) is 12.7 Å². The standard InChI is InChI=1S/C12H8ClF4N3/c13-11-18-5-4-10(20-11)19-6-7-8(12(15,16)17)2-1-3-9(7)14/h1-5H,6H2,(H,18,19,20). The van der Waals surface area contributed by atoms with Crippen LogP contribution in [0.4, 0.5) is 23.4 Å². The van der Waals surface area contributed by atoms with Crippen LogP contribution >= 0.6 is 11.6 Å². The third-order valence-electron chi connectivity index (χ3n) is 2.50. The molecule has 3 nitrogen and oxygen atoms in total. The topological polar surface area (TPSA) is 37.8 Å². The van der Waals surface area contributed by atoms with E-state index in [1.807, 2.05) is 0 Å². The minimum absolute atomic E-state index is 0.0559. The Hall–Kier alpha value is -1.89. The van der Waals surface area contributed by atoms with Gasteiger partial charge < -0.3 is 5.32 Å². The van der Waals surface area contributed by atoms with Gasteiger partial charge in [-0.2, -0.15) is 13.2 Å². The number of alkyl halides is 3. The second kappa shape index (κ2) is 5.62. The molecule has 20 heavy (non-hydrogen) atoms. The minimum Gasteiger partial charge on any atom is -0.366 e. The molecule has 1 N–H and O–H groups in total. The third-order valence-corrected chi connectivity index (χ3v) is 2.68. The quantitative estimate of drug-likeness (QED) is 0.690. The number of anilines is 1. The molecule has 2 rings (SSSR count). The van der Waals surface area contributed by atoms with Crippen molar-refractivity contribution < 1.29 is 17.6 Å². The van der Waals surface area contributed by atoms with Crippen LogP contribution in [0.2, 0.25) is 5.28 Å². The first-order valence-electron chi connectivity index (χ1n) is 5.45. The predicted molar refractivity (Wildman–Crippen MR) is 65.8 cm³/mol. The lowest BCUT2D eigenvalue weighted by atomic mass is 10.1. The number of nitrogens with one attached hydrogen (secondary N) is 1. The molecule has 0 bridgehead atoms. The van der Waals surface area contributed by atoms with Crippen LogP contribution < -0.4 is 5.32 Å². The van der Waals surface area contributed by atoms with Crippen molar-refractivity contribution in [2.24, 2.45) is 0 Å². The maximum atomic E-state index is 13.6. The molecule has 0 amide bonds. The van der Waals surface area contributed by atoms with E-state index in [2.05, 4.69) is 15.3 Å². The van der Waals surface area contributed by atoms with Gasteiger partial charge in [0.15, 0.2) is 0 Å². The molecule has 1 aromatic heterocycles. The van der Waals surface area contributed by atoms with Gasteiger partial charge in [-0.05, 0) is 29.8 Å². The van der Waals surface area contributed by atoms with Crippen molar-refractivity contribution in [3.63, 3.8) is 0 Å². The number of nitrogens with zero attached hydrogens (tertiary/aromatic N) is 2. The van der Waals surface area contributed by atoms with Gasteiger partial charge in [-0.25, -0.2) is 14.4 Å². The second-order valence-electron chi connectivity index (χ2n) is 3.83. The summed E-state index contributed by atoms with van der Waals surface area (Å²) >= 11 is 5.55. The Morgan fingerprint density at radius 1 is 1.20 bits per heavy atom. The number of halogens is 5. The summed E-state index contributed by atoms with van der Waals surface area (Å²) in [7, 11) is 0. The molecular formula is C12H8ClF4N3. The van der Waals surface area contributed by atoms with Crippen LogP contribution in [0.3, 0.4) is 0 Å². The summed E-state index contributed by atoms with van der Waals surface area (Å²) in [5.74, 6) is -0.728. The number of aromatic nitrogens is 2. The van der Waals surface area contributed by atoms with Gasteiger partial charge in [0, 0.05) is 18.3 Å². The van der Waals surface area contributed by atoms with Crippen molar-refractivity contribution in [2.75, 3.05) is 5.32 Å². The van der Waals surface area contributed by atoms with Crippen molar-refractivity contribution in [3.8, 4) is 0 Å². The lowest BCUT2D eigenvalue weighted by molar-refractivity contribution is -0.138. The molecule has 8 heteroatoms. The van der Waals surface area contributed by atoms with E-state index in [9.17, 15) is 17.6 Å². The molecule has 0 aliphatic rings. The van der Waals surface area contributed by atoms with E-state index in [1.54, 1.807) is 0 Å². The largest absolute Gasteiger partial charge is 0.416 e. The van der Waals surface area contributed by atoms with Crippen LogP contribution in [0, 0.1) is 5.82 Å². The fourth-order valence-electron chi connectivity index (χ4n) is 1.62. The Morgan fingerprint density at radius 3 is 2.60 bits per heavy atom. The SMILES string of the molecule is Fc1cccc(C(F)(F)F)c1CNc1ccnc(Cl)n1. The van der Waals surface area contributed by atoms with Crippen molar-refractivity contribution >= 4 is 17.4 Å². The van der Waals surface area contributed by atoms with Gasteiger partial charge in [-0.15, -0.1) is 0 Å². The second-order valence-corrected chi connectivity index (χ2v) is 4.17. The smallest absolute Gasteiger partial charge is 0.366 e. The van der Waals surface area contributed by atoms with Gasteiger partial charge in [0.25, 0.3) is 0 Å². The highest BCUT2D eigenvalue weighted by atomic mass is 35.5. The molecular weight excluding hydrogens is 298 g/mol. The van der Waals surface area contributed by atoms with E-state index in [1.165, 1.54) is 12.3 Å². The first-order chi connectivity index (χ1) is 9.38. The Labute approximate surface area is 116 Å². The highest BCUT2D eigenvalue weighted by molar-refractivity contribution is 6.28. The van der Waals surface area contributed by atoms with Crippen molar-refractivity contribution in [1.82, 2.24) is 9.97 Å². The highest BCUT2D eigenvalue weighted by Crippen LogP contribution is 2.33. The maximum absolute atomic E-state index is 13.6. The summed E-state index contributed by atoms with van der Waals surface area (Å²) in [6.45, 7) is -0.366. The molecule has 0 aliphatic carbocycles. The van der Waals surface area contributed by atoms with Crippen LogP contribution in [0.5, 0.6) is 0 Å². The minimum atomic E-state index is -4.62. The summed E-state index contributed by atoms with van der Waals surface area (Å²) in [5, 5.41) is 2.52. The van der Waals surface area contributed by atoms with Crippen LogP contribution in [0.25, 0.3) is 0 Å². The molecule has 0 saturated heterocycles. The monoisotopic (exact) mass is 305 g/mol. The van der Waals surface area contributed by atoms with Crippen LogP contribution in [-0.4, -0.2) is 9.97 Å². The zero-order valence-electron chi connectivity index (χ0n) is 9.88. The van der Waals surface area contributed by atoms with E-state index < -0.39 is 23.1 Å². The van der Waals surface area contributed by atoms with Gasteiger partial charge in [-0.1, -0.05) is 6.07 Å². The molecule has 0 radical (unpaired) electrons. The Balaban J connectivity index is 2.25. The normalized spacial score (nSPS) is 11.4. The molecule has 1 heterocycles. The van der Waals surface area contributed by atoms with Crippen LogP contribution in [0.1, 0.15) is 11.1 Å². The Morgan fingerprint density at radius 2 is 1.95 bits per heavy atom. The number of hydrogen-bond donors (Lipinski definition) is 1. The van der Waals surface area contributed by atoms with Crippen molar-refractivity contribution in [1.29, 1.82) is 0 Å². The Bertz CT molecular complexity index is 616. The van der Waals surface area contributed by atoms with Gasteiger partial charge >= 0.3 is 6.18 Å². The molecule has 0 atom stereocenters. The van der Waals surface area contributed by atoms with Crippen LogP contribution in [0.15, 0.2) is 30.5 Å². The van der Waals surface area contributed by atoms with Crippen molar-refractivity contribution in [3.05, 3.63) is 52.7 Å². The first-order valence-corrected chi connectivity index (χ1v) is 5.83. The number of benzene rings is 1. The number of hydrogen-bond acceptors (Lipinski definition) is 3. The molecule has 0 aliphatic heterocycles. The third kappa shape index (κ3) is 3.36. The van der Waals surface area contributed by atoms with Gasteiger partial charge in [0.05, 0.1) is 5.56 Å². The van der Waals surface area contributed by atoms with E-state index in [0.717, 1.165) is 18.2 Å². The summed E-state index contributed by atoms with van der Waals surface area (Å²) in [5.41, 5.74) is -1.50. The van der Waals surface area contributed by atoms with E-state index in [0.29, 0.717) is 0 Å². The molecule has 0 saturated carbocycles. The van der Waals surface area contributed by atoms with Gasteiger partial charge in [-0.3, -0.25) is 0 Å². The van der Waals surface area contributed by atoms with E-state index in [-0.39, 0.29) is 17.6 Å². The molecule has 0 fully saturated rings. The van der Waals surface area contributed by atoms with E-state index in [4.69, 9.17) is 11.6 Å². The fourth-order valence-corrected chi connectivity index (χ4v) is 1.76. The van der Waals surface area contributed by atoms with Gasteiger partial charge in [0.1, 0.15) is 11.6 Å². The average molecular weight is 306 g/mol. The Kier molecular flexibility index (Phi) is 4.08. The zero-order valence-corrected chi connectivity index (χ0v) is 10.6. The lowest BCUT2D eigenvalue weighted by Gasteiger charge is -2.14.